The van der Waals surface area contributed by atoms with Crippen LogP contribution < -0.4 is 5.73 Å². The van der Waals surface area contributed by atoms with Crippen molar-refractivity contribution in [2.24, 2.45) is 0 Å². The fraction of sp³-hybridized carbons (Fsp3) is 0.0833. The Bertz CT molecular complexity index is 622. The van der Waals surface area contributed by atoms with E-state index in [0.717, 1.165) is 12.1 Å². The van der Waals surface area contributed by atoms with Crippen LogP contribution in [-0.4, -0.2) is 4.98 Å². The second kappa shape index (κ2) is 4.49. The minimum absolute atomic E-state index is 0.371. The first-order valence-electron chi connectivity index (χ1n) is 5.08. The SMILES string of the molecule is Nc1cc(C(F)(F)F)cc(-c2cccc(F)c2F)n1. The van der Waals surface area contributed by atoms with Crippen LogP contribution in [0.3, 0.4) is 0 Å². The number of nitrogens with zero attached hydrogens (tertiary/aromatic N) is 1. The highest BCUT2D eigenvalue weighted by molar-refractivity contribution is 5.63. The van der Waals surface area contributed by atoms with Crippen LogP contribution in [-0.2, 0) is 6.18 Å². The first kappa shape index (κ1) is 13.3. The van der Waals surface area contributed by atoms with Gasteiger partial charge in [-0.25, -0.2) is 13.8 Å². The number of benzene rings is 1. The predicted octanol–water partition coefficient (Wildman–Crippen LogP) is 3.63. The van der Waals surface area contributed by atoms with Crippen molar-refractivity contribution in [3.8, 4) is 11.3 Å². The van der Waals surface area contributed by atoms with Crippen molar-refractivity contribution in [3.63, 3.8) is 0 Å². The summed E-state index contributed by atoms with van der Waals surface area (Å²) >= 11 is 0. The predicted molar refractivity (Wildman–Crippen MR) is 59.0 cm³/mol. The molecule has 0 atom stereocenters. The Morgan fingerprint density at radius 3 is 2.37 bits per heavy atom. The highest BCUT2D eigenvalue weighted by atomic mass is 19.4. The number of rotatable bonds is 1. The fourth-order valence-electron chi connectivity index (χ4n) is 1.56. The van der Waals surface area contributed by atoms with E-state index in [1.165, 1.54) is 6.07 Å². The average Bonchev–Trinajstić information content (AvgIpc) is 2.31. The molecule has 2 aromatic rings. The van der Waals surface area contributed by atoms with Crippen LogP contribution in [0.25, 0.3) is 11.3 Å². The molecule has 0 saturated heterocycles. The van der Waals surface area contributed by atoms with Crippen molar-refractivity contribution in [1.82, 2.24) is 4.98 Å². The normalized spacial score (nSPS) is 11.6. The minimum Gasteiger partial charge on any atom is -0.384 e. The van der Waals surface area contributed by atoms with Gasteiger partial charge in [0, 0.05) is 5.56 Å². The van der Waals surface area contributed by atoms with Crippen molar-refractivity contribution < 1.29 is 22.0 Å². The first-order valence-corrected chi connectivity index (χ1v) is 5.08. The molecule has 1 aromatic carbocycles. The summed E-state index contributed by atoms with van der Waals surface area (Å²) < 4.78 is 64.3. The van der Waals surface area contributed by atoms with Crippen LogP contribution in [0.5, 0.6) is 0 Å². The lowest BCUT2D eigenvalue weighted by Crippen LogP contribution is -2.07. The van der Waals surface area contributed by atoms with Crippen LogP contribution in [0.1, 0.15) is 5.56 Å². The molecule has 19 heavy (non-hydrogen) atoms. The Kier molecular flexibility index (Phi) is 3.13. The Balaban J connectivity index is 2.63. The van der Waals surface area contributed by atoms with Crippen molar-refractivity contribution in [1.29, 1.82) is 0 Å². The van der Waals surface area contributed by atoms with E-state index < -0.39 is 29.2 Å². The van der Waals surface area contributed by atoms with Gasteiger partial charge in [-0.2, -0.15) is 13.2 Å². The summed E-state index contributed by atoms with van der Waals surface area (Å²) in [5.41, 5.74) is 3.44. The molecule has 2 nitrogen and oxygen atoms in total. The van der Waals surface area contributed by atoms with Gasteiger partial charge in [0.05, 0.1) is 11.3 Å². The zero-order valence-corrected chi connectivity index (χ0v) is 9.30. The lowest BCUT2D eigenvalue weighted by atomic mass is 10.1. The number of nitrogen functional groups attached to an aromatic ring is 1. The zero-order valence-electron chi connectivity index (χ0n) is 9.30. The molecule has 0 aliphatic carbocycles. The average molecular weight is 274 g/mol. The van der Waals surface area contributed by atoms with Gasteiger partial charge < -0.3 is 5.73 Å². The van der Waals surface area contributed by atoms with Crippen LogP contribution >= 0.6 is 0 Å². The van der Waals surface area contributed by atoms with E-state index >= 15 is 0 Å². The van der Waals surface area contributed by atoms with Gasteiger partial charge in [0.2, 0.25) is 0 Å². The molecule has 0 aliphatic rings. The third kappa shape index (κ3) is 2.64. The number of anilines is 1. The number of hydrogen-bond acceptors (Lipinski definition) is 2. The first-order chi connectivity index (χ1) is 8.79. The monoisotopic (exact) mass is 274 g/mol. The van der Waals surface area contributed by atoms with E-state index in [0.29, 0.717) is 12.1 Å². The van der Waals surface area contributed by atoms with E-state index in [2.05, 4.69) is 4.98 Å². The summed E-state index contributed by atoms with van der Waals surface area (Å²) in [6.45, 7) is 0. The number of alkyl halides is 3. The molecule has 0 bridgehead atoms. The minimum atomic E-state index is -4.64. The number of pyridine rings is 1. The lowest BCUT2D eigenvalue weighted by molar-refractivity contribution is -0.137. The summed E-state index contributed by atoms with van der Waals surface area (Å²) in [5, 5.41) is 0. The van der Waals surface area contributed by atoms with Crippen LogP contribution in [0.15, 0.2) is 30.3 Å². The Hall–Kier alpha value is -2.18. The third-order valence-electron chi connectivity index (χ3n) is 2.40. The molecule has 1 aromatic heterocycles. The molecule has 2 N–H and O–H groups in total. The molecule has 0 spiro atoms. The van der Waals surface area contributed by atoms with Crippen LogP contribution in [0.2, 0.25) is 0 Å². The standard InChI is InChI=1S/C12H7F5N2/c13-8-3-1-2-7(11(8)14)9-4-6(12(15,16)17)5-10(18)19-9/h1-5H,(H2,18,19). The van der Waals surface area contributed by atoms with E-state index in [1.807, 2.05) is 0 Å². The van der Waals surface area contributed by atoms with E-state index in [1.54, 1.807) is 0 Å². The van der Waals surface area contributed by atoms with E-state index in [4.69, 9.17) is 5.73 Å². The van der Waals surface area contributed by atoms with Gasteiger partial charge in [-0.1, -0.05) is 6.07 Å². The van der Waals surface area contributed by atoms with Gasteiger partial charge in [0.1, 0.15) is 5.82 Å². The summed E-state index contributed by atoms with van der Waals surface area (Å²) in [6.07, 6.45) is -4.64. The van der Waals surface area contributed by atoms with Crippen LogP contribution in [0, 0.1) is 11.6 Å². The molecule has 0 unspecified atom stereocenters. The Labute approximate surface area is 104 Å². The maximum Gasteiger partial charge on any atom is 0.416 e. The summed E-state index contributed by atoms with van der Waals surface area (Å²) in [6, 6.07) is 4.40. The third-order valence-corrected chi connectivity index (χ3v) is 2.40. The van der Waals surface area contributed by atoms with E-state index in [9.17, 15) is 22.0 Å². The molecule has 0 aliphatic heterocycles. The second-order valence-electron chi connectivity index (χ2n) is 3.77. The van der Waals surface area contributed by atoms with Crippen molar-refractivity contribution in [3.05, 3.63) is 47.5 Å². The number of hydrogen-bond donors (Lipinski definition) is 1. The molecule has 0 saturated carbocycles. The highest BCUT2D eigenvalue weighted by Gasteiger charge is 2.31. The molecule has 0 fully saturated rings. The van der Waals surface area contributed by atoms with Gasteiger partial charge in [-0.05, 0) is 24.3 Å². The van der Waals surface area contributed by atoms with Crippen molar-refractivity contribution >= 4 is 5.82 Å². The molecular formula is C12H7F5N2. The number of nitrogens with two attached hydrogens (primary N) is 1. The van der Waals surface area contributed by atoms with Crippen molar-refractivity contribution in [2.75, 3.05) is 5.73 Å². The Morgan fingerprint density at radius 1 is 1.05 bits per heavy atom. The summed E-state index contributed by atoms with van der Waals surface area (Å²) in [4.78, 5) is 3.59. The van der Waals surface area contributed by atoms with Gasteiger partial charge in [0.15, 0.2) is 11.6 Å². The Morgan fingerprint density at radius 2 is 1.74 bits per heavy atom. The quantitative estimate of drug-likeness (QED) is 0.806. The molecule has 1 heterocycles. The molecule has 7 heteroatoms. The largest absolute Gasteiger partial charge is 0.416 e. The molecule has 100 valence electrons. The van der Waals surface area contributed by atoms with Gasteiger partial charge in [-0.3, -0.25) is 0 Å². The van der Waals surface area contributed by atoms with Gasteiger partial charge in [-0.15, -0.1) is 0 Å². The second-order valence-corrected chi connectivity index (χ2v) is 3.77. The molecular weight excluding hydrogens is 267 g/mol. The summed E-state index contributed by atoms with van der Waals surface area (Å²) in [5.74, 6) is -2.86. The maximum atomic E-state index is 13.5. The lowest BCUT2D eigenvalue weighted by Gasteiger charge is -2.10. The van der Waals surface area contributed by atoms with Crippen LogP contribution in [0.4, 0.5) is 27.8 Å². The summed E-state index contributed by atoms with van der Waals surface area (Å²) in [7, 11) is 0. The smallest absolute Gasteiger partial charge is 0.384 e. The van der Waals surface area contributed by atoms with Crippen molar-refractivity contribution in [2.45, 2.75) is 6.18 Å². The number of aromatic nitrogens is 1. The number of halogens is 5. The van der Waals surface area contributed by atoms with Gasteiger partial charge >= 0.3 is 6.18 Å². The molecule has 0 amide bonds. The highest BCUT2D eigenvalue weighted by Crippen LogP contribution is 2.33. The fourth-order valence-corrected chi connectivity index (χ4v) is 1.56. The topological polar surface area (TPSA) is 38.9 Å². The molecule has 0 radical (unpaired) electrons. The zero-order chi connectivity index (χ0) is 14.2. The maximum absolute atomic E-state index is 13.5. The molecule has 2 rings (SSSR count). The van der Waals surface area contributed by atoms with E-state index in [-0.39, 0.29) is 11.3 Å². The van der Waals surface area contributed by atoms with Gasteiger partial charge in [0.25, 0.3) is 0 Å².